The number of carbonyl (C=O) groups excluding carboxylic acids is 1. The average molecular weight is 426 g/mol. The Morgan fingerprint density at radius 3 is 2.80 bits per heavy atom. The van der Waals surface area contributed by atoms with E-state index in [4.69, 9.17) is 4.42 Å². The Kier molecular flexibility index (Phi) is 5.44. The number of thioether (sulfide) groups is 1. The van der Waals surface area contributed by atoms with Gasteiger partial charge in [0.05, 0.1) is 11.4 Å². The second-order valence-corrected chi connectivity index (χ2v) is 6.69. The van der Waals surface area contributed by atoms with Crippen molar-refractivity contribution in [3.05, 3.63) is 58.6 Å². The molecule has 3 aromatic rings. The number of hydrogen-bond donors (Lipinski definition) is 1. The van der Waals surface area contributed by atoms with Crippen LogP contribution in [0.15, 0.2) is 56.6 Å². The van der Waals surface area contributed by atoms with E-state index in [1.807, 2.05) is 24.3 Å². The van der Waals surface area contributed by atoms with E-state index in [9.17, 15) is 13.6 Å². The average Bonchev–Trinajstić information content (AvgIpc) is 3.05. The highest BCUT2D eigenvalue weighted by Crippen LogP contribution is 2.25. The molecule has 0 saturated carbocycles. The van der Waals surface area contributed by atoms with Gasteiger partial charge >= 0.3 is 0 Å². The van der Waals surface area contributed by atoms with E-state index < -0.39 is 17.5 Å². The third kappa shape index (κ3) is 4.64. The molecule has 0 aliphatic heterocycles. The van der Waals surface area contributed by atoms with Crippen LogP contribution in [0.4, 0.5) is 14.5 Å². The lowest BCUT2D eigenvalue weighted by Gasteiger charge is -2.05. The van der Waals surface area contributed by atoms with Gasteiger partial charge in [-0.25, -0.2) is 8.78 Å². The summed E-state index contributed by atoms with van der Waals surface area (Å²) in [5, 5.41) is 10.3. The van der Waals surface area contributed by atoms with Gasteiger partial charge in [0.1, 0.15) is 11.6 Å². The first-order chi connectivity index (χ1) is 12.0. The highest BCUT2D eigenvalue weighted by Gasteiger charge is 2.13. The fourth-order valence-corrected chi connectivity index (χ4v) is 2.87. The third-order valence-electron chi connectivity index (χ3n) is 3.01. The van der Waals surface area contributed by atoms with E-state index in [1.165, 1.54) is 0 Å². The Morgan fingerprint density at radius 2 is 2.04 bits per heavy atom. The SMILES string of the molecule is O=C(CSc1nnc(-c2cccc(Br)c2)o1)Nc1ccc(F)cc1F. The number of nitrogens with zero attached hydrogens (tertiary/aromatic N) is 2. The lowest BCUT2D eigenvalue weighted by atomic mass is 10.2. The first-order valence-corrected chi connectivity index (χ1v) is 8.76. The molecule has 3 rings (SSSR count). The van der Waals surface area contributed by atoms with Gasteiger partial charge in [-0.15, -0.1) is 10.2 Å². The van der Waals surface area contributed by atoms with Crippen molar-refractivity contribution in [2.45, 2.75) is 5.22 Å². The maximum atomic E-state index is 13.5. The number of hydrogen-bond acceptors (Lipinski definition) is 5. The second-order valence-electron chi connectivity index (χ2n) is 4.84. The summed E-state index contributed by atoms with van der Waals surface area (Å²) < 4.78 is 32.7. The fourth-order valence-electron chi connectivity index (χ4n) is 1.91. The lowest BCUT2D eigenvalue weighted by molar-refractivity contribution is -0.113. The summed E-state index contributed by atoms with van der Waals surface area (Å²) in [6, 6.07) is 10.3. The summed E-state index contributed by atoms with van der Waals surface area (Å²) in [6.07, 6.45) is 0. The predicted molar refractivity (Wildman–Crippen MR) is 93.1 cm³/mol. The second kappa shape index (κ2) is 7.75. The van der Waals surface area contributed by atoms with Crippen molar-refractivity contribution in [1.82, 2.24) is 10.2 Å². The van der Waals surface area contributed by atoms with Crippen LogP contribution in [-0.2, 0) is 4.79 Å². The maximum Gasteiger partial charge on any atom is 0.277 e. The number of benzene rings is 2. The number of amides is 1. The van der Waals surface area contributed by atoms with E-state index in [0.29, 0.717) is 12.0 Å². The number of carbonyl (C=O) groups is 1. The minimum Gasteiger partial charge on any atom is -0.411 e. The van der Waals surface area contributed by atoms with Crippen molar-refractivity contribution in [3.8, 4) is 11.5 Å². The maximum absolute atomic E-state index is 13.5. The van der Waals surface area contributed by atoms with Crippen molar-refractivity contribution in [2.75, 3.05) is 11.1 Å². The van der Waals surface area contributed by atoms with Gasteiger partial charge in [-0.3, -0.25) is 4.79 Å². The zero-order valence-corrected chi connectivity index (χ0v) is 14.9. The first-order valence-electron chi connectivity index (χ1n) is 6.98. The van der Waals surface area contributed by atoms with Gasteiger partial charge in [-0.1, -0.05) is 33.8 Å². The van der Waals surface area contributed by atoms with Crippen molar-refractivity contribution < 1.29 is 18.0 Å². The van der Waals surface area contributed by atoms with Crippen molar-refractivity contribution in [3.63, 3.8) is 0 Å². The van der Waals surface area contributed by atoms with Crippen LogP contribution in [0, 0.1) is 11.6 Å². The Morgan fingerprint density at radius 1 is 1.20 bits per heavy atom. The quantitative estimate of drug-likeness (QED) is 0.609. The molecular formula is C16H10BrF2N3O2S. The molecule has 1 amide bonds. The smallest absolute Gasteiger partial charge is 0.277 e. The molecule has 0 spiro atoms. The summed E-state index contributed by atoms with van der Waals surface area (Å²) in [6.45, 7) is 0. The molecule has 0 radical (unpaired) electrons. The van der Waals surface area contributed by atoms with E-state index in [2.05, 4.69) is 31.4 Å². The van der Waals surface area contributed by atoms with Gasteiger partial charge in [0, 0.05) is 16.1 Å². The molecule has 0 atom stereocenters. The number of anilines is 1. The summed E-state index contributed by atoms with van der Waals surface area (Å²) >= 11 is 4.37. The molecule has 1 N–H and O–H groups in total. The zero-order chi connectivity index (χ0) is 17.8. The normalized spacial score (nSPS) is 10.7. The predicted octanol–water partition coefficient (Wildman–Crippen LogP) is 4.51. The molecule has 9 heteroatoms. The topological polar surface area (TPSA) is 68.0 Å². The standard InChI is InChI=1S/C16H10BrF2N3O2S/c17-10-3-1-2-9(6-10)15-21-22-16(24-15)25-8-14(23)20-13-5-4-11(18)7-12(13)19/h1-7H,8H2,(H,20,23). The van der Waals surface area contributed by atoms with Crippen LogP contribution in [0.1, 0.15) is 0 Å². The van der Waals surface area contributed by atoms with Crippen LogP contribution in [0.5, 0.6) is 0 Å². The minimum absolute atomic E-state index is 0.0586. The minimum atomic E-state index is -0.840. The van der Waals surface area contributed by atoms with Gasteiger partial charge in [-0.2, -0.15) is 0 Å². The molecule has 0 bridgehead atoms. The van der Waals surface area contributed by atoms with Crippen LogP contribution in [0.3, 0.4) is 0 Å². The molecule has 128 valence electrons. The van der Waals surface area contributed by atoms with Crippen molar-refractivity contribution in [2.24, 2.45) is 0 Å². The van der Waals surface area contributed by atoms with E-state index in [-0.39, 0.29) is 16.7 Å². The Hall–Kier alpha value is -2.26. The van der Waals surface area contributed by atoms with E-state index in [0.717, 1.165) is 33.9 Å². The zero-order valence-electron chi connectivity index (χ0n) is 12.5. The first kappa shape index (κ1) is 17.6. The fraction of sp³-hybridized carbons (Fsp3) is 0.0625. The molecule has 0 fully saturated rings. The largest absolute Gasteiger partial charge is 0.411 e. The van der Waals surface area contributed by atoms with Crippen LogP contribution in [-0.4, -0.2) is 21.9 Å². The monoisotopic (exact) mass is 425 g/mol. The molecule has 25 heavy (non-hydrogen) atoms. The molecule has 1 heterocycles. The third-order valence-corrected chi connectivity index (χ3v) is 4.32. The summed E-state index contributed by atoms with van der Waals surface area (Å²) in [4.78, 5) is 11.9. The van der Waals surface area contributed by atoms with Crippen LogP contribution in [0.2, 0.25) is 0 Å². The highest BCUT2D eigenvalue weighted by molar-refractivity contribution is 9.10. The van der Waals surface area contributed by atoms with Gasteiger partial charge in [0.15, 0.2) is 0 Å². The summed E-state index contributed by atoms with van der Waals surface area (Å²) in [5.41, 5.74) is 0.652. The summed E-state index contributed by atoms with van der Waals surface area (Å²) in [7, 11) is 0. The number of rotatable bonds is 5. The molecule has 1 aromatic heterocycles. The molecule has 0 unspecified atom stereocenters. The van der Waals surface area contributed by atoms with Crippen LogP contribution in [0.25, 0.3) is 11.5 Å². The summed E-state index contributed by atoms with van der Waals surface area (Å²) in [5.74, 6) is -1.76. The van der Waals surface area contributed by atoms with Gasteiger partial charge in [-0.05, 0) is 30.3 Å². The molecule has 2 aromatic carbocycles. The van der Waals surface area contributed by atoms with E-state index >= 15 is 0 Å². The number of nitrogens with one attached hydrogen (secondary N) is 1. The van der Waals surface area contributed by atoms with Gasteiger partial charge < -0.3 is 9.73 Å². The molecular weight excluding hydrogens is 416 g/mol. The Balaban J connectivity index is 1.59. The van der Waals surface area contributed by atoms with Gasteiger partial charge in [0.2, 0.25) is 11.8 Å². The Bertz CT molecular complexity index is 920. The lowest BCUT2D eigenvalue weighted by Crippen LogP contribution is -2.15. The Labute approximate surface area is 154 Å². The van der Waals surface area contributed by atoms with E-state index in [1.54, 1.807) is 0 Å². The van der Waals surface area contributed by atoms with Crippen LogP contribution >= 0.6 is 27.7 Å². The molecule has 5 nitrogen and oxygen atoms in total. The molecule has 0 aliphatic carbocycles. The molecule has 0 saturated heterocycles. The van der Waals surface area contributed by atoms with Gasteiger partial charge in [0.25, 0.3) is 5.22 Å². The highest BCUT2D eigenvalue weighted by atomic mass is 79.9. The van der Waals surface area contributed by atoms with Crippen molar-refractivity contribution in [1.29, 1.82) is 0 Å². The molecule has 0 aliphatic rings. The number of halogens is 3. The number of aromatic nitrogens is 2. The van der Waals surface area contributed by atoms with Crippen molar-refractivity contribution >= 4 is 39.3 Å². The van der Waals surface area contributed by atoms with Crippen LogP contribution < -0.4 is 5.32 Å².